The number of hydrogen-bond acceptors (Lipinski definition) is 2. The summed E-state index contributed by atoms with van der Waals surface area (Å²) in [6.07, 6.45) is 3.61. The molecule has 1 amide bonds. The summed E-state index contributed by atoms with van der Waals surface area (Å²) in [7, 11) is 0. The molecule has 106 valence electrons. The average molecular weight is 266 g/mol. The zero-order valence-corrected chi connectivity index (χ0v) is 10.5. The number of amides is 1. The number of hydrogen-bond donors (Lipinski definition) is 2. The highest BCUT2D eigenvalue weighted by atomic mass is 19.4. The van der Waals surface area contributed by atoms with Crippen molar-refractivity contribution in [2.24, 2.45) is 0 Å². The van der Waals surface area contributed by atoms with Gasteiger partial charge in [-0.05, 0) is 12.8 Å². The Labute approximate surface area is 106 Å². The van der Waals surface area contributed by atoms with Gasteiger partial charge < -0.3 is 10.6 Å². The van der Waals surface area contributed by atoms with Gasteiger partial charge in [0.05, 0.1) is 6.54 Å². The van der Waals surface area contributed by atoms with Crippen LogP contribution in [0.15, 0.2) is 0 Å². The number of halogens is 3. The zero-order valence-electron chi connectivity index (χ0n) is 10.5. The lowest BCUT2D eigenvalue weighted by Crippen LogP contribution is -2.42. The van der Waals surface area contributed by atoms with Crippen molar-refractivity contribution in [3.8, 4) is 0 Å². The summed E-state index contributed by atoms with van der Waals surface area (Å²) >= 11 is 0. The van der Waals surface area contributed by atoms with E-state index in [4.69, 9.17) is 0 Å². The van der Waals surface area contributed by atoms with E-state index in [2.05, 4.69) is 5.32 Å². The van der Waals surface area contributed by atoms with Gasteiger partial charge >= 0.3 is 6.18 Å². The average Bonchev–Trinajstić information content (AvgIpc) is 2.24. The molecule has 1 aliphatic carbocycles. The van der Waals surface area contributed by atoms with Crippen LogP contribution in [0.3, 0.4) is 0 Å². The molecule has 0 radical (unpaired) electrons. The summed E-state index contributed by atoms with van der Waals surface area (Å²) in [4.78, 5) is 11.2. The van der Waals surface area contributed by atoms with Crippen LogP contribution in [0, 0.1) is 0 Å². The van der Waals surface area contributed by atoms with Gasteiger partial charge in [-0.25, -0.2) is 0 Å². The molecule has 0 spiro atoms. The number of rotatable bonds is 4. The Morgan fingerprint density at radius 2 is 1.61 bits per heavy atom. The summed E-state index contributed by atoms with van der Waals surface area (Å²) in [6.45, 7) is -1.28. The fourth-order valence-corrected chi connectivity index (χ4v) is 2.16. The second-order valence-corrected chi connectivity index (χ2v) is 4.81. The van der Waals surface area contributed by atoms with Crippen molar-refractivity contribution >= 4 is 5.91 Å². The highest BCUT2D eigenvalue weighted by Crippen LogP contribution is 2.16. The summed E-state index contributed by atoms with van der Waals surface area (Å²) in [5.74, 6) is -0.589. The standard InChI is InChI=1S/C12H21F3N2O/c13-12(14,15)9-17-11(18)8-16-10-6-4-2-1-3-5-7-10/h10,16H,1-9H2,(H,17,18). The van der Waals surface area contributed by atoms with Crippen molar-refractivity contribution in [1.82, 2.24) is 10.6 Å². The van der Waals surface area contributed by atoms with Gasteiger partial charge in [0.1, 0.15) is 6.54 Å². The van der Waals surface area contributed by atoms with E-state index in [-0.39, 0.29) is 12.6 Å². The van der Waals surface area contributed by atoms with Crippen LogP contribution in [-0.2, 0) is 4.79 Å². The first-order valence-corrected chi connectivity index (χ1v) is 6.54. The van der Waals surface area contributed by atoms with Gasteiger partial charge in [0.15, 0.2) is 0 Å². The molecule has 0 bridgehead atoms. The Morgan fingerprint density at radius 3 is 2.17 bits per heavy atom. The molecule has 18 heavy (non-hydrogen) atoms. The van der Waals surface area contributed by atoms with Gasteiger partial charge in [-0.3, -0.25) is 4.79 Å². The molecule has 0 aromatic heterocycles. The zero-order chi connectivity index (χ0) is 13.4. The molecule has 1 rings (SSSR count). The molecule has 0 unspecified atom stereocenters. The van der Waals surface area contributed by atoms with Gasteiger partial charge in [0.25, 0.3) is 0 Å². The van der Waals surface area contributed by atoms with Crippen molar-refractivity contribution < 1.29 is 18.0 Å². The van der Waals surface area contributed by atoms with Gasteiger partial charge in [-0.1, -0.05) is 32.1 Å². The van der Waals surface area contributed by atoms with Crippen LogP contribution < -0.4 is 10.6 Å². The first-order chi connectivity index (χ1) is 8.47. The Balaban J connectivity index is 2.16. The lowest BCUT2D eigenvalue weighted by molar-refractivity contribution is -0.137. The van der Waals surface area contributed by atoms with E-state index in [1.54, 1.807) is 0 Å². The third-order valence-corrected chi connectivity index (χ3v) is 3.14. The fourth-order valence-electron chi connectivity index (χ4n) is 2.16. The van der Waals surface area contributed by atoms with E-state index in [0.717, 1.165) is 25.7 Å². The molecule has 0 aromatic rings. The quantitative estimate of drug-likeness (QED) is 0.820. The van der Waals surface area contributed by atoms with Gasteiger partial charge in [0, 0.05) is 6.04 Å². The van der Waals surface area contributed by atoms with Gasteiger partial charge in [0.2, 0.25) is 5.91 Å². The molecular formula is C12H21F3N2O. The van der Waals surface area contributed by atoms with Crippen molar-refractivity contribution in [2.45, 2.75) is 57.2 Å². The smallest absolute Gasteiger partial charge is 0.346 e. The number of nitrogens with one attached hydrogen (secondary N) is 2. The summed E-state index contributed by atoms with van der Waals surface area (Å²) < 4.78 is 35.6. The number of alkyl halides is 3. The summed E-state index contributed by atoms with van der Waals surface area (Å²) in [5, 5.41) is 4.91. The van der Waals surface area contributed by atoms with Crippen LogP contribution in [0.1, 0.15) is 44.9 Å². The van der Waals surface area contributed by atoms with Crippen LogP contribution in [0.2, 0.25) is 0 Å². The monoisotopic (exact) mass is 266 g/mol. The molecule has 1 fully saturated rings. The second kappa shape index (κ2) is 7.61. The number of carbonyl (C=O) groups is 1. The molecule has 0 saturated heterocycles. The van der Waals surface area contributed by atoms with E-state index in [1.807, 2.05) is 5.32 Å². The second-order valence-electron chi connectivity index (χ2n) is 4.81. The largest absolute Gasteiger partial charge is 0.405 e. The van der Waals surface area contributed by atoms with E-state index < -0.39 is 18.6 Å². The molecule has 2 N–H and O–H groups in total. The predicted molar refractivity (Wildman–Crippen MR) is 63.2 cm³/mol. The summed E-state index contributed by atoms with van der Waals surface area (Å²) in [5.41, 5.74) is 0. The summed E-state index contributed by atoms with van der Waals surface area (Å²) in [6, 6.07) is 0.266. The normalized spacial score (nSPS) is 19.1. The maximum Gasteiger partial charge on any atom is 0.405 e. The lowest BCUT2D eigenvalue weighted by Gasteiger charge is -2.20. The Kier molecular flexibility index (Phi) is 6.46. The Bertz CT molecular complexity index is 248. The third kappa shape index (κ3) is 7.53. The van der Waals surface area contributed by atoms with Crippen LogP contribution in [0.25, 0.3) is 0 Å². The van der Waals surface area contributed by atoms with Crippen molar-refractivity contribution in [2.75, 3.05) is 13.1 Å². The highest BCUT2D eigenvalue weighted by Gasteiger charge is 2.27. The first-order valence-electron chi connectivity index (χ1n) is 6.54. The lowest BCUT2D eigenvalue weighted by atomic mass is 9.97. The Morgan fingerprint density at radius 1 is 1.06 bits per heavy atom. The maximum absolute atomic E-state index is 11.9. The van der Waals surface area contributed by atoms with E-state index in [1.165, 1.54) is 19.3 Å². The molecule has 0 heterocycles. The van der Waals surface area contributed by atoms with Crippen LogP contribution in [-0.4, -0.2) is 31.2 Å². The molecule has 3 nitrogen and oxygen atoms in total. The van der Waals surface area contributed by atoms with Crippen molar-refractivity contribution in [3.63, 3.8) is 0 Å². The minimum atomic E-state index is -4.34. The van der Waals surface area contributed by atoms with Gasteiger partial charge in [-0.15, -0.1) is 0 Å². The van der Waals surface area contributed by atoms with Gasteiger partial charge in [-0.2, -0.15) is 13.2 Å². The fraction of sp³-hybridized carbons (Fsp3) is 0.917. The minimum absolute atomic E-state index is 0.0270. The Hall–Kier alpha value is -0.780. The van der Waals surface area contributed by atoms with Crippen molar-refractivity contribution in [1.29, 1.82) is 0 Å². The molecule has 0 aromatic carbocycles. The maximum atomic E-state index is 11.9. The van der Waals surface area contributed by atoms with E-state index in [9.17, 15) is 18.0 Å². The van der Waals surface area contributed by atoms with Crippen LogP contribution in [0.5, 0.6) is 0 Å². The molecular weight excluding hydrogens is 245 g/mol. The third-order valence-electron chi connectivity index (χ3n) is 3.14. The molecule has 1 saturated carbocycles. The molecule has 0 aliphatic heterocycles. The molecule has 0 atom stereocenters. The van der Waals surface area contributed by atoms with Crippen LogP contribution >= 0.6 is 0 Å². The van der Waals surface area contributed by atoms with E-state index in [0.29, 0.717) is 0 Å². The van der Waals surface area contributed by atoms with Crippen molar-refractivity contribution in [3.05, 3.63) is 0 Å². The van der Waals surface area contributed by atoms with Crippen LogP contribution in [0.4, 0.5) is 13.2 Å². The SMILES string of the molecule is O=C(CNC1CCCCCCC1)NCC(F)(F)F. The topological polar surface area (TPSA) is 41.1 Å². The molecule has 6 heteroatoms. The predicted octanol–water partition coefficient (Wildman–Crippen LogP) is 2.37. The molecule has 1 aliphatic rings. The number of carbonyl (C=O) groups excluding carboxylic acids is 1. The first kappa shape index (κ1) is 15.3. The van der Waals surface area contributed by atoms with E-state index >= 15 is 0 Å². The minimum Gasteiger partial charge on any atom is -0.346 e. The highest BCUT2D eigenvalue weighted by molar-refractivity contribution is 5.78.